The summed E-state index contributed by atoms with van der Waals surface area (Å²) in [5.41, 5.74) is 4.25. The molecule has 0 bridgehead atoms. The Morgan fingerprint density at radius 2 is 1.69 bits per heavy atom. The van der Waals surface area contributed by atoms with Gasteiger partial charge in [0.05, 0.1) is 0 Å². The normalized spacial score (nSPS) is 23.5. The summed E-state index contributed by atoms with van der Waals surface area (Å²) in [6.07, 6.45) is 3.96. The van der Waals surface area contributed by atoms with E-state index in [1.165, 1.54) is 19.3 Å². The van der Waals surface area contributed by atoms with Crippen LogP contribution in [0.25, 0.3) is 0 Å². The van der Waals surface area contributed by atoms with E-state index in [2.05, 4.69) is 41.5 Å². The molecule has 0 heteroatoms. The third-order valence-electron chi connectivity index (χ3n) is 3.25. The lowest BCUT2D eigenvalue weighted by Crippen LogP contribution is -2.24. The van der Waals surface area contributed by atoms with E-state index in [9.17, 15) is 0 Å². The van der Waals surface area contributed by atoms with Crippen molar-refractivity contribution in [2.75, 3.05) is 0 Å². The number of hydrogen-bond acceptors (Lipinski definition) is 0. The quantitative estimate of drug-likeness (QED) is 0.479. The van der Waals surface area contributed by atoms with Crippen molar-refractivity contribution < 1.29 is 0 Å². The SMILES string of the molecule is CC1=C(C(C)(C)C)CC(C)(C)CC1. The Labute approximate surface area is 83.4 Å². The minimum atomic E-state index is 0.377. The van der Waals surface area contributed by atoms with Gasteiger partial charge >= 0.3 is 0 Å². The maximum absolute atomic E-state index is 2.39. The van der Waals surface area contributed by atoms with Crippen LogP contribution < -0.4 is 0 Å². The molecule has 0 saturated carbocycles. The molecule has 0 aliphatic heterocycles. The van der Waals surface area contributed by atoms with Crippen molar-refractivity contribution in [1.29, 1.82) is 0 Å². The topological polar surface area (TPSA) is 0 Å². The van der Waals surface area contributed by atoms with Crippen LogP contribution in [-0.4, -0.2) is 0 Å². The monoisotopic (exact) mass is 180 g/mol. The second-order valence-corrected chi connectivity index (χ2v) is 6.35. The molecule has 1 rings (SSSR count). The van der Waals surface area contributed by atoms with E-state index in [4.69, 9.17) is 0 Å². The van der Waals surface area contributed by atoms with Crippen molar-refractivity contribution in [3.8, 4) is 0 Å². The second-order valence-electron chi connectivity index (χ2n) is 6.35. The molecule has 0 aromatic rings. The Morgan fingerprint density at radius 3 is 2.08 bits per heavy atom. The van der Waals surface area contributed by atoms with Crippen LogP contribution in [0.15, 0.2) is 11.1 Å². The molecule has 13 heavy (non-hydrogen) atoms. The molecule has 0 nitrogen and oxygen atoms in total. The van der Waals surface area contributed by atoms with E-state index in [0.29, 0.717) is 10.8 Å². The standard InChI is InChI=1S/C13H24/c1-10-7-8-13(5,6)9-11(10)12(2,3)4/h7-9H2,1-6H3. The molecule has 0 amide bonds. The molecular formula is C13H24. The maximum atomic E-state index is 2.39. The lowest BCUT2D eigenvalue weighted by molar-refractivity contribution is 0.280. The summed E-state index contributed by atoms with van der Waals surface area (Å²) < 4.78 is 0. The van der Waals surface area contributed by atoms with E-state index in [0.717, 1.165) is 0 Å². The first-order valence-electron chi connectivity index (χ1n) is 5.41. The fraction of sp³-hybridized carbons (Fsp3) is 0.846. The Kier molecular flexibility index (Phi) is 2.62. The lowest BCUT2D eigenvalue weighted by atomic mass is 9.68. The summed E-state index contributed by atoms with van der Waals surface area (Å²) in [5, 5.41) is 0. The molecular weight excluding hydrogens is 156 g/mol. The third kappa shape index (κ3) is 2.59. The summed E-state index contributed by atoms with van der Waals surface area (Å²) in [5.74, 6) is 0. The fourth-order valence-corrected chi connectivity index (χ4v) is 2.30. The van der Waals surface area contributed by atoms with Gasteiger partial charge in [0.1, 0.15) is 0 Å². The minimum absolute atomic E-state index is 0.377. The first-order chi connectivity index (χ1) is 5.72. The molecule has 0 aromatic carbocycles. The zero-order valence-electron chi connectivity index (χ0n) is 10.1. The van der Waals surface area contributed by atoms with Crippen molar-refractivity contribution in [2.45, 2.75) is 60.8 Å². The smallest absolute Gasteiger partial charge is 0.0170 e. The summed E-state index contributed by atoms with van der Waals surface area (Å²) in [6.45, 7) is 14.1. The molecule has 0 heterocycles. The van der Waals surface area contributed by atoms with Gasteiger partial charge in [-0.25, -0.2) is 0 Å². The molecule has 1 aliphatic carbocycles. The predicted octanol–water partition coefficient (Wildman–Crippen LogP) is 4.56. The van der Waals surface area contributed by atoms with E-state index in [-0.39, 0.29) is 0 Å². The first kappa shape index (κ1) is 10.8. The van der Waals surface area contributed by atoms with Crippen molar-refractivity contribution in [3.05, 3.63) is 11.1 Å². The molecule has 0 fully saturated rings. The van der Waals surface area contributed by atoms with E-state index >= 15 is 0 Å². The van der Waals surface area contributed by atoms with Crippen molar-refractivity contribution in [2.24, 2.45) is 10.8 Å². The molecule has 76 valence electrons. The Balaban J connectivity index is 2.94. The average Bonchev–Trinajstić information content (AvgIpc) is 1.92. The predicted molar refractivity (Wildman–Crippen MR) is 59.8 cm³/mol. The van der Waals surface area contributed by atoms with Crippen LogP contribution in [-0.2, 0) is 0 Å². The van der Waals surface area contributed by atoms with Gasteiger partial charge in [0.15, 0.2) is 0 Å². The highest BCUT2D eigenvalue weighted by atomic mass is 14.4. The van der Waals surface area contributed by atoms with E-state index in [1.54, 1.807) is 11.1 Å². The van der Waals surface area contributed by atoms with Gasteiger partial charge in [-0.2, -0.15) is 0 Å². The van der Waals surface area contributed by atoms with Gasteiger partial charge in [-0.05, 0) is 37.0 Å². The van der Waals surface area contributed by atoms with Crippen LogP contribution in [0.3, 0.4) is 0 Å². The van der Waals surface area contributed by atoms with Gasteiger partial charge in [0.25, 0.3) is 0 Å². The lowest BCUT2D eigenvalue weighted by Gasteiger charge is -2.38. The largest absolute Gasteiger partial charge is 0.0735 e. The molecule has 0 N–H and O–H groups in total. The Bertz CT molecular complexity index is 223. The van der Waals surface area contributed by atoms with Gasteiger partial charge in [-0.3, -0.25) is 0 Å². The summed E-state index contributed by atoms with van der Waals surface area (Å²) in [4.78, 5) is 0. The number of hydrogen-bond donors (Lipinski definition) is 0. The highest BCUT2D eigenvalue weighted by Gasteiger charge is 2.30. The molecule has 0 aromatic heterocycles. The van der Waals surface area contributed by atoms with E-state index in [1.807, 2.05) is 0 Å². The second kappa shape index (κ2) is 3.15. The highest BCUT2D eigenvalue weighted by molar-refractivity contribution is 5.23. The van der Waals surface area contributed by atoms with Gasteiger partial charge < -0.3 is 0 Å². The highest BCUT2D eigenvalue weighted by Crippen LogP contribution is 2.45. The van der Waals surface area contributed by atoms with Crippen molar-refractivity contribution in [1.82, 2.24) is 0 Å². The summed E-state index contributed by atoms with van der Waals surface area (Å²) in [6, 6.07) is 0. The van der Waals surface area contributed by atoms with Crippen LogP contribution >= 0.6 is 0 Å². The molecule has 1 aliphatic rings. The van der Waals surface area contributed by atoms with Gasteiger partial charge in [0.2, 0.25) is 0 Å². The van der Waals surface area contributed by atoms with Crippen LogP contribution in [0, 0.1) is 10.8 Å². The average molecular weight is 180 g/mol. The van der Waals surface area contributed by atoms with Crippen LogP contribution in [0.5, 0.6) is 0 Å². The first-order valence-corrected chi connectivity index (χ1v) is 5.41. The summed E-state index contributed by atoms with van der Waals surface area (Å²) in [7, 11) is 0. The van der Waals surface area contributed by atoms with Crippen LogP contribution in [0.2, 0.25) is 0 Å². The maximum Gasteiger partial charge on any atom is -0.0170 e. The molecule has 0 unspecified atom stereocenters. The third-order valence-corrected chi connectivity index (χ3v) is 3.25. The number of rotatable bonds is 0. The molecule has 0 spiro atoms. The van der Waals surface area contributed by atoms with Crippen molar-refractivity contribution >= 4 is 0 Å². The zero-order chi connectivity index (χ0) is 10.3. The zero-order valence-corrected chi connectivity index (χ0v) is 10.1. The van der Waals surface area contributed by atoms with Crippen LogP contribution in [0.4, 0.5) is 0 Å². The van der Waals surface area contributed by atoms with Gasteiger partial charge in [0, 0.05) is 0 Å². The Morgan fingerprint density at radius 1 is 1.15 bits per heavy atom. The van der Waals surface area contributed by atoms with Crippen LogP contribution in [0.1, 0.15) is 60.8 Å². The Hall–Kier alpha value is -0.260. The number of allylic oxidation sites excluding steroid dienone is 2. The minimum Gasteiger partial charge on any atom is -0.0735 e. The molecule has 0 saturated heterocycles. The molecule has 0 atom stereocenters. The van der Waals surface area contributed by atoms with E-state index < -0.39 is 0 Å². The van der Waals surface area contributed by atoms with Crippen molar-refractivity contribution in [3.63, 3.8) is 0 Å². The van der Waals surface area contributed by atoms with Gasteiger partial charge in [-0.15, -0.1) is 0 Å². The van der Waals surface area contributed by atoms with Gasteiger partial charge in [-0.1, -0.05) is 45.8 Å². The molecule has 0 radical (unpaired) electrons. The summed E-state index contributed by atoms with van der Waals surface area (Å²) >= 11 is 0. The fourth-order valence-electron chi connectivity index (χ4n) is 2.30.